The van der Waals surface area contributed by atoms with Gasteiger partial charge in [-0.05, 0) is 50.3 Å². The molecule has 0 unspecified atom stereocenters. The first-order valence-electron chi connectivity index (χ1n) is 9.04. The van der Waals surface area contributed by atoms with Gasteiger partial charge in [-0.2, -0.15) is 0 Å². The van der Waals surface area contributed by atoms with E-state index in [4.69, 9.17) is 9.31 Å². The molecule has 0 aliphatic carbocycles. The Labute approximate surface area is 152 Å². The number of allylic oxidation sites excluding steroid dienone is 1. The summed E-state index contributed by atoms with van der Waals surface area (Å²) >= 11 is 0. The Kier molecular flexibility index (Phi) is 5.65. The summed E-state index contributed by atoms with van der Waals surface area (Å²) in [5.74, 6) is 0.158. The molecule has 1 aliphatic rings. The van der Waals surface area contributed by atoms with Gasteiger partial charge in [0.25, 0.3) is 0 Å². The van der Waals surface area contributed by atoms with Gasteiger partial charge in [0, 0.05) is 12.7 Å². The van der Waals surface area contributed by atoms with Crippen LogP contribution in [0.1, 0.15) is 60.5 Å². The highest BCUT2D eigenvalue weighted by Crippen LogP contribution is 2.39. The zero-order valence-corrected chi connectivity index (χ0v) is 16.7. The molecule has 2 rings (SSSR count). The monoisotopic (exact) mass is 342 g/mol. The van der Waals surface area contributed by atoms with Crippen molar-refractivity contribution in [3.05, 3.63) is 41.5 Å². The van der Waals surface area contributed by atoms with Crippen molar-refractivity contribution >= 4 is 19.0 Å². The maximum absolute atomic E-state index is 12.9. The van der Waals surface area contributed by atoms with Crippen molar-refractivity contribution in [1.82, 2.24) is 0 Å². The Morgan fingerprint density at radius 3 is 2.04 bits per heavy atom. The van der Waals surface area contributed by atoms with Gasteiger partial charge in [0.05, 0.1) is 11.2 Å². The average Bonchev–Trinajstić information content (AvgIpc) is 2.65. The third-order valence-electron chi connectivity index (χ3n) is 4.88. The molecule has 1 aromatic carbocycles. The van der Waals surface area contributed by atoms with E-state index in [2.05, 4.69) is 20.8 Å². The number of carbonyl (C=O) groups is 1. The van der Waals surface area contributed by atoms with Crippen LogP contribution in [0.5, 0.6) is 0 Å². The van der Waals surface area contributed by atoms with Crippen LogP contribution in [-0.2, 0) is 14.1 Å². The van der Waals surface area contributed by atoms with E-state index in [1.807, 2.05) is 64.1 Å². The van der Waals surface area contributed by atoms with Gasteiger partial charge in [-0.15, -0.1) is 0 Å². The maximum Gasteiger partial charge on any atom is 0.462 e. The second-order valence-electron chi connectivity index (χ2n) is 9.13. The average molecular weight is 342 g/mol. The molecular formula is C21H31BO3. The number of hydrogen-bond donors (Lipinski definition) is 0. The zero-order chi connectivity index (χ0) is 18.9. The lowest BCUT2D eigenvalue weighted by molar-refractivity contribution is -0.117. The molecule has 0 radical (unpaired) electrons. The summed E-state index contributed by atoms with van der Waals surface area (Å²) in [6, 6.07) is 9.95. The molecule has 1 aromatic rings. The van der Waals surface area contributed by atoms with Crippen molar-refractivity contribution in [2.24, 2.45) is 5.41 Å². The molecule has 1 aliphatic heterocycles. The lowest BCUT2D eigenvalue weighted by Gasteiger charge is -2.32. The SMILES string of the molecule is CC(C)(C)CC(=O)/C(=C\c1ccccc1)CB1OC(C)(C)C(C)(C)O1. The van der Waals surface area contributed by atoms with Crippen molar-refractivity contribution < 1.29 is 14.1 Å². The van der Waals surface area contributed by atoms with Crippen LogP contribution >= 0.6 is 0 Å². The van der Waals surface area contributed by atoms with Gasteiger partial charge in [-0.25, -0.2) is 0 Å². The predicted octanol–water partition coefficient (Wildman–Crippen LogP) is 5.17. The van der Waals surface area contributed by atoms with Crippen LogP contribution in [0.3, 0.4) is 0 Å². The minimum Gasteiger partial charge on any atom is -0.403 e. The Hall–Kier alpha value is -1.39. The number of benzene rings is 1. The highest BCUT2D eigenvalue weighted by Gasteiger charge is 2.51. The molecule has 0 saturated carbocycles. The first-order valence-corrected chi connectivity index (χ1v) is 9.04. The Bertz CT molecular complexity index is 623. The maximum atomic E-state index is 12.9. The van der Waals surface area contributed by atoms with E-state index in [-0.39, 0.29) is 22.4 Å². The van der Waals surface area contributed by atoms with Crippen LogP contribution in [0.2, 0.25) is 6.32 Å². The molecule has 25 heavy (non-hydrogen) atoms. The lowest BCUT2D eigenvalue weighted by Crippen LogP contribution is -2.41. The van der Waals surface area contributed by atoms with E-state index in [9.17, 15) is 4.79 Å². The highest BCUT2D eigenvalue weighted by atomic mass is 16.7. The molecule has 3 nitrogen and oxygen atoms in total. The lowest BCUT2D eigenvalue weighted by atomic mass is 9.76. The minimum atomic E-state index is -0.399. The molecule has 1 saturated heterocycles. The van der Waals surface area contributed by atoms with Crippen LogP contribution < -0.4 is 0 Å². The fraction of sp³-hybridized carbons (Fsp3) is 0.571. The van der Waals surface area contributed by atoms with Gasteiger partial charge in [0.1, 0.15) is 0 Å². The van der Waals surface area contributed by atoms with E-state index < -0.39 is 7.12 Å². The van der Waals surface area contributed by atoms with Crippen LogP contribution in [0.15, 0.2) is 35.9 Å². The topological polar surface area (TPSA) is 35.5 Å². The predicted molar refractivity (Wildman–Crippen MR) is 104 cm³/mol. The van der Waals surface area contributed by atoms with Crippen molar-refractivity contribution in [1.29, 1.82) is 0 Å². The summed E-state index contributed by atoms with van der Waals surface area (Å²) in [5, 5.41) is 0. The van der Waals surface area contributed by atoms with Gasteiger partial charge in [0.2, 0.25) is 0 Å². The summed E-state index contributed by atoms with van der Waals surface area (Å²) in [4.78, 5) is 12.9. The first-order chi connectivity index (χ1) is 11.4. The second kappa shape index (κ2) is 7.09. The standard InChI is InChI=1S/C21H31BO3/c1-19(2,3)14-18(23)17(13-16-11-9-8-10-12-16)15-22-24-20(4,5)21(6,7)25-22/h8-13H,14-15H2,1-7H3/b17-13-. The second-order valence-corrected chi connectivity index (χ2v) is 9.13. The number of rotatable bonds is 5. The smallest absolute Gasteiger partial charge is 0.403 e. The van der Waals surface area contributed by atoms with Crippen molar-refractivity contribution in [2.75, 3.05) is 0 Å². The Morgan fingerprint density at radius 1 is 1.04 bits per heavy atom. The van der Waals surface area contributed by atoms with Crippen LogP contribution in [0.4, 0.5) is 0 Å². The summed E-state index contributed by atoms with van der Waals surface area (Å²) in [6.07, 6.45) is 2.95. The van der Waals surface area contributed by atoms with Gasteiger partial charge < -0.3 is 9.31 Å². The normalized spacial score (nSPS) is 20.0. The van der Waals surface area contributed by atoms with E-state index in [0.717, 1.165) is 11.1 Å². The third-order valence-corrected chi connectivity index (χ3v) is 4.88. The summed E-state index contributed by atoms with van der Waals surface area (Å²) in [6.45, 7) is 14.4. The third kappa shape index (κ3) is 5.29. The molecule has 4 heteroatoms. The van der Waals surface area contributed by atoms with Gasteiger partial charge in [-0.3, -0.25) is 4.79 Å². The van der Waals surface area contributed by atoms with Crippen molar-refractivity contribution in [3.8, 4) is 0 Å². The van der Waals surface area contributed by atoms with Crippen LogP contribution in [0.25, 0.3) is 6.08 Å². The number of ketones is 1. The molecule has 1 fully saturated rings. The first kappa shape index (κ1) is 19.9. The molecular weight excluding hydrogens is 311 g/mol. The van der Waals surface area contributed by atoms with E-state index >= 15 is 0 Å². The summed E-state index contributed by atoms with van der Waals surface area (Å²) in [7, 11) is -0.399. The fourth-order valence-corrected chi connectivity index (χ4v) is 2.83. The van der Waals surface area contributed by atoms with Gasteiger partial charge in [0.15, 0.2) is 5.78 Å². The van der Waals surface area contributed by atoms with Crippen molar-refractivity contribution in [2.45, 2.75) is 72.4 Å². The quantitative estimate of drug-likeness (QED) is 0.547. The highest BCUT2D eigenvalue weighted by molar-refractivity contribution is 6.47. The van der Waals surface area contributed by atoms with E-state index in [0.29, 0.717) is 12.7 Å². The fourth-order valence-electron chi connectivity index (χ4n) is 2.83. The Balaban J connectivity index is 2.24. The zero-order valence-electron chi connectivity index (χ0n) is 16.7. The molecule has 1 heterocycles. The molecule has 0 atom stereocenters. The van der Waals surface area contributed by atoms with Crippen LogP contribution in [-0.4, -0.2) is 24.1 Å². The summed E-state index contributed by atoms with van der Waals surface area (Å²) < 4.78 is 12.2. The molecule has 0 aromatic heterocycles. The van der Waals surface area contributed by atoms with Gasteiger partial charge in [-0.1, -0.05) is 51.1 Å². The molecule has 0 bridgehead atoms. The Morgan fingerprint density at radius 2 is 1.56 bits per heavy atom. The molecule has 0 N–H and O–H groups in total. The van der Waals surface area contributed by atoms with Crippen LogP contribution in [0, 0.1) is 5.41 Å². The minimum absolute atomic E-state index is 0.0528. The molecule has 0 spiro atoms. The number of carbonyl (C=O) groups excluding carboxylic acids is 1. The van der Waals surface area contributed by atoms with E-state index in [1.165, 1.54) is 0 Å². The van der Waals surface area contributed by atoms with E-state index in [1.54, 1.807) is 0 Å². The van der Waals surface area contributed by atoms with Crippen molar-refractivity contribution in [3.63, 3.8) is 0 Å². The summed E-state index contributed by atoms with van der Waals surface area (Å²) in [5.41, 5.74) is 0.962. The molecule has 0 amide bonds. The van der Waals surface area contributed by atoms with Gasteiger partial charge >= 0.3 is 7.12 Å². The number of hydrogen-bond acceptors (Lipinski definition) is 3. The largest absolute Gasteiger partial charge is 0.462 e. The molecule has 136 valence electrons. The number of Topliss-reactive ketones (excluding diaryl/α,β-unsaturated/α-hetero) is 1.